The fourth-order valence-corrected chi connectivity index (χ4v) is 4.15. The van der Waals surface area contributed by atoms with Crippen LogP contribution in [0.4, 0.5) is 0 Å². The maximum absolute atomic E-state index is 6.27. The first kappa shape index (κ1) is 21.5. The quantitative estimate of drug-likeness (QED) is 0.526. The van der Waals surface area contributed by atoms with Gasteiger partial charge in [0.1, 0.15) is 24.4 Å². The first-order chi connectivity index (χ1) is 12.8. The molecule has 5 atom stereocenters. The van der Waals surface area contributed by atoms with Gasteiger partial charge in [0.05, 0.1) is 6.61 Å². The maximum atomic E-state index is 6.27. The topological polar surface area (TPSA) is 55.4 Å². The van der Waals surface area contributed by atoms with Gasteiger partial charge in [0.2, 0.25) is 0 Å². The molecule has 3 aliphatic heterocycles. The van der Waals surface area contributed by atoms with E-state index in [1.165, 1.54) is 38.5 Å². The van der Waals surface area contributed by atoms with Crippen LogP contribution in [0.1, 0.15) is 79.6 Å². The normalized spacial score (nSPS) is 37.0. The third-order valence-electron chi connectivity index (χ3n) is 5.48. The summed E-state index contributed by atoms with van der Waals surface area (Å²) in [5.41, 5.74) is 0. The number of fused-ring (bicyclic) bond motifs is 1. The molecule has 0 amide bonds. The average Bonchev–Trinajstić information content (AvgIpc) is 3.19. The second-order valence-electron chi connectivity index (χ2n) is 8.89. The molecule has 0 aliphatic carbocycles. The summed E-state index contributed by atoms with van der Waals surface area (Å²) in [6, 6.07) is 0. The molecule has 0 unspecified atom stereocenters. The molecule has 0 bridgehead atoms. The molecule has 3 rings (SSSR count). The zero-order chi connectivity index (χ0) is 19.5. The Morgan fingerprint density at radius 1 is 0.815 bits per heavy atom. The van der Waals surface area contributed by atoms with E-state index in [0.29, 0.717) is 13.2 Å². The number of hydrogen-bond acceptors (Lipinski definition) is 6. The van der Waals surface area contributed by atoms with Crippen LogP contribution in [-0.4, -0.2) is 55.5 Å². The molecule has 158 valence electrons. The Labute approximate surface area is 164 Å². The predicted molar refractivity (Wildman–Crippen MR) is 101 cm³/mol. The monoisotopic (exact) mass is 386 g/mol. The molecule has 0 N–H and O–H groups in total. The molecule has 3 fully saturated rings. The fourth-order valence-electron chi connectivity index (χ4n) is 4.15. The van der Waals surface area contributed by atoms with Gasteiger partial charge in [0.15, 0.2) is 17.9 Å². The summed E-state index contributed by atoms with van der Waals surface area (Å²) in [7, 11) is 0. The van der Waals surface area contributed by atoms with E-state index in [4.69, 9.17) is 28.4 Å². The molecule has 3 saturated heterocycles. The van der Waals surface area contributed by atoms with E-state index in [-0.39, 0.29) is 24.4 Å². The highest BCUT2D eigenvalue weighted by Gasteiger charge is 2.58. The second-order valence-corrected chi connectivity index (χ2v) is 8.89. The molecule has 0 spiro atoms. The molecule has 6 nitrogen and oxygen atoms in total. The van der Waals surface area contributed by atoms with Gasteiger partial charge in [-0.05, 0) is 34.1 Å². The number of rotatable bonds is 10. The van der Waals surface area contributed by atoms with Gasteiger partial charge in [-0.2, -0.15) is 0 Å². The van der Waals surface area contributed by atoms with Crippen LogP contribution in [0.2, 0.25) is 0 Å². The minimum Gasteiger partial charge on any atom is -0.372 e. The van der Waals surface area contributed by atoms with Crippen LogP contribution >= 0.6 is 0 Å². The van der Waals surface area contributed by atoms with Gasteiger partial charge >= 0.3 is 0 Å². The van der Waals surface area contributed by atoms with Crippen LogP contribution in [-0.2, 0) is 28.4 Å². The van der Waals surface area contributed by atoms with Crippen molar-refractivity contribution in [3.8, 4) is 0 Å². The lowest BCUT2D eigenvalue weighted by molar-refractivity contribution is -0.236. The molecule has 3 heterocycles. The fraction of sp³-hybridized carbons (Fsp3) is 1.00. The molecule has 0 aromatic heterocycles. The van der Waals surface area contributed by atoms with Gasteiger partial charge in [-0.25, -0.2) is 0 Å². The van der Waals surface area contributed by atoms with Crippen molar-refractivity contribution in [2.45, 2.75) is 122 Å². The summed E-state index contributed by atoms with van der Waals surface area (Å²) in [6.07, 6.45) is 7.61. The highest BCUT2D eigenvalue weighted by molar-refractivity contribution is 4.98. The Kier molecular flexibility index (Phi) is 7.20. The Morgan fingerprint density at radius 3 is 2.19 bits per heavy atom. The van der Waals surface area contributed by atoms with Crippen LogP contribution in [0.5, 0.6) is 0 Å². The molecule has 0 radical (unpaired) electrons. The lowest BCUT2D eigenvalue weighted by Gasteiger charge is -2.29. The number of hydrogen-bond donors (Lipinski definition) is 0. The highest BCUT2D eigenvalue weighted by atomic mass is 16.8. The van der Waals surface area contributed by atoms with E-state index in [1.807, 2.05) is 27.7 Å². The summed E-state index contributed by atoms with van der Waals surface area (Å²) in [5, 5.41) is 0. The van der Waals surface area contributed by atoms with Crippen LogP contribution < -0.4 is 0 Å². The van der Waals surface area contributed by atoms with Gasteiger partial charge in [0.25, 0.3) is 0 Å². The average molecular weight is 387 g/mol. The van der Waals surface area contributed by atoms with Crippen molar-refractivity contribution >= 4 is 0 Å². The van der Waals surface area contributed by atoms with Crippen molar-refractivity contribution in [3.63, 3.8) is 0 Å². The molecule has 0 saturated carbocycles. The molecule has 0 aromatic rings. The van der Waals surface area contributed by atoms with E-state index in [9.17, 15) is 0 Å². The van der Waals surface area contributed by atoms with E-state index >= 15 is 0 Å². The summed E-state index contributed by atoms with van der Waals surface area (Å²) in [4.78, 5) is 0. The molecule has 6 heteroatoms. The first-order valence-electron chi connectivity index (χ1n) is 10.8. The Morgan fingerprint density at radius 2 is 1.52 bits per heavy atom. The zero-order valence-electron chi connectivity index (χ0n) is 17.7. The Bertz CT molecular complexity index is 466. The van der Waals surface area contributed by atoms with Gasteiger partial charge in [0, 0.05) is 6.61 Å². The summed E-state index contributed by atoms with van der Waals surface area (Å²) < 4.78 is 36.2. The minimum absolute atomic E-state index is 0.167. The van der Waals surface area contributed by atoms with Crippen LogP contribution in [0, 0.1) is 0 Å². The maximum Gasteiger partial charge on any atom is 0.190 e. The van der Waals surface area contributed by atoms with Crippen molar-refractivity contribution in [3.05, 3.63) is 0 Å². The number of ether oxygens (including phenoxy) is 6. The van der Waals surface area contributed by atoms with Crippen LogP contribution in [0.3, 0.4) is 0 Å². The SMILES string of the molecule is CCCCCCCCCO[C@@H]1[C@H]2OC(C)(C)O[C@H]2O[C@@H]1[C@H]1COC(C)(C)O1. The lowest BCUT2D eigenvalue weighted by Crippen LogP contribution is -2.44. The van der Waals surface area contributed by atoms with Crippen LogP contribution in [0.25, 0.3) is 0 Å². The molecule has 27 heavy (non-hydrogen) atoms. The van der Waals surface area contributed by atoms with E-state index < -0.39 is 17.9 Å². The zero-order valence-corrected chi connectivity index (χ0v) is 17.7. The third-order valence-corrected chi connectivity index (χ3v) is 5.48. The summed E-state index contributed by atoms with van der Waals surface area (Å²) in [5.74, 6) is -1.23. The first-order valence-corrected chi connectivity index (χ1v) is 10.8. The van der Waals surface area contributed by atoms with Crippen molar-refractivity contribution in [1.82, 2.24) is 0 Å². The standard InChI is InChI=1S/C21H38O6/c1-6-7-8-9-10-11-12-13-22-17-16(15-14-23-20(2,3)25-15)24-19-18(17)26-21(4,5)27-19/h15-19H,6-14H2,1-5H3/t15-,16-,17+,18-,19-/m1/s1. The smallest absolute Gasteiger partial charge is 0.190 e. The summed E-state index contributed by atoms with van der Waals surface area (Å²) >= 11 is 0. The van der Waals surface area contributed by atoms with Gasteiger partial charge in [-0.3, -0.25) is 0 Å². The second kappa shape index (κ2) is 9.06. The highest BCUT2D eigenvalue weighted by Crippen LogP contribution is 2.41. The Balaban J connectivity index is 1.49. The summed E-state index contributed by atoms with van der Waals surface area (Å²) in [6.45, 7) is 11.1. The van der Waals surface area contributed by atoms with Crippen molar-refractivity contribution in [2.75, 3.05) is 13.2 Å². The number of unbranched alkanes of at least 4 members (excludes halogenated alkanes) is 6. The van der Waals surface area contributed by atoms with E-state index in [1.54, 1.807) is 0 Å². The van der Waals surface area contributed by atoms with Gasteiger partial charge in [-0.1, -0.05) is 45.4 Å². The van der Waals surface area contributed by atoms with Gasteiger partial charge in [-0.15, -0.1) is 0 Å². The van der Waals surface area contributed by atoms with Gasteiger partial charge < -0.3 is 28.4 Å². The third kappa shape index (κ3) is 5.64. The lowest BCUT2D eigenvalue weighted by atomic mass is 10.1. The largest absolute Gasteiger partial charge is 0.372 e. The predicted octanol–water partition coefficient (Wildman–Crippen LogP) is 4.15. The van der Waals surface area contributed by atoms with Crippen molar-refractivity contribution in [2.24, 2.45) is 0 Å². The molecule has 3 aliphatic rings. The van der Waals surface area contributed by atoms with E-state index in [0.717, 1.165) is 6.42 Å². The minimum atomic E-state index is -0.645. The molecule has 0 aromatic carbocycles. The van der Waals surface area contributed by atoms with Crippen LogP contribution in [0.15, 0.2) is 0 Å². The molecular formula is C21H38O6. The van der Waals surface area contributed by atoms with Crippen molar-refractivity contribution < 1.29 is 28.4 Å². The Hall–Kier alpha value is -0.240. The van der Waals surface area contributed by atoms with E-state index in [2.05, 4.69) is 6.92 Å². The van der Waals surface area contributed by atoms with Crippen molar-refractivity contribution in [1.29, 1.82) is 0 Å². The molecular weight excluding hydrogens is 348 g/mol.